The molecule has 0 spiro atoms. The van der Waals surface area contributed by atoms with Crippen molar-refractivity contribution in [3.8, 4) is 10.4 Å². The van der Waals surface area contributed by atoms with Gasteiger partial charge in [-0.1, -0.05) is 37.3 Å². The van der Waals surface area contributed by atoms with Gasteiger partial charge in [-0.25, -0.2) is 4.79 Å². The number of hydrogen-bond acceptors (Lipinski definition) is 3. The van der Waals surface area contributed by atoms with E-state index in [4.69, 9.17) is 0 Å². The van der Waals surface area contributed by atoms with Crippen LogP contribution >= 0.6 is 11.3 Å². The van der Waals surface area contributed by atoms with Gasteiger partial charge in [-0.2, -0.15) is 0 Å². The highest BCUT2D eigenvalue weighted by Gasteiger charge is 2.26. The second-order valence-electron chi connectivity index (χ2n) is 5.21. The molecule has 2 aromatic rings. The number of carbonyl (C=O) groups is 2. The molecule has 1 amide bonds. The summed E-state index contributed by atoms with van der Waals surface area (Å²) in [6.07, 6.45) is 0.341. The zero-order valence-corrected chi connectivity index (χ0v) is 13.7. The maximum absolute atomic E-state index is 12.2. The van der Waals surface area contributed by atoms with Crippen LogP contribution in [0.1, 0.15) is 36.9 Å². The minimum Gasteiger partial charge on any atom is -0.477 e. The molecule has 0 aliphatic rings. The van der Waals surface area contributed by atoms with Crippen molar-refractivity contribution in [3.63, 3.8) is 0 Å². The van der Waals surface area contributed by atoms with Crippen molar-refractivity contribution in [2.45, 2.75) is 33.2 Å². The highest BCUT2D eigenvalue weighted by molar-refractivity contribution is 7.18. The zero-order chi connectivity index (χ0) is 16.3. The molecule has 4 nitrogen and oxygen atoms in total. The molecule has 5 heteroatoms. The average Bonchev–Trinajstić information content (AvgIpc) is 2.92. The summed E-state index contributed by atoms with van der Waals surface area (Å²) in [5, 5.41) is 9.48. The molecule has 0 aliphatic heterocycles. The minimum atomic E-state index is -1.00. The third kappa shape index (κ3) is 3.20. The molecule has 0 saturated carbocycles. The van der Waals surface area contributed by atoms with Crippen molar-refractivity contribution in [1.29, 1.82) is 0 Å². The Bertz CT molecular complexity index is 676. The van der Waals surface area contributed by atoms with Crippen LogP contribution in [0.25, 0.3) is 10.4 Å². The van der Waals surface area contributed by atoms with E-state index >= 15 is 0 Å². The van der Waals surface area contributed by atoms with Gasteiger partial charge in [-0.05, 0) is 25.5 Å². The molecule has 1 aromatic heterocycles. The van der Waals surface area contributed by atoms with Crippen LogP contribution in [-0.4, -0.2) is 23.0 Å². The van der Waals surface area contributed by atoms with Crippen LogP contribution in [0.2, 0.25) is 0 Å². The molecule has 0 fully saturated rings. The highest BCUT2D eigenvalue weighted by atomic mass is 32.1. The molecule has 0 bridgehead atoms. The third-order valence-electron chi connectivity index (χ3n) is 3.31. The number of thiophene rings is 1. The van der Waals surface area contributed by atoms with Crippen molar-refractivity contribution in [2.75, 3.05) is 4.90 Å². The van der Waals surface area contributed by atoms with E-state index in [0.717, 1.165) is 10.4 Å². The molecule has 116 valence electrons. The van der Waals surface area contributed by atoms with Gasteiger partial charge < -0.3 is 10.0 Å². The van der Waals surface area contributed by atoms with E-state index in [2.05, 4.69) is 0 Å². The average molecular weight is 317 g/mol. The van der Waals surface area contributed by atoms with Gasteiger partial charge >= 0.3 is 5.97 Å². The number of amides is 1. The lowest BCUT2D eigenvalue weighted by Crippen LogP contribution is -2.37. The molecule has 0 aliphatic carbocycles. The van der Waals surface area contributed by atoms with E-state index < -0.39 is 5.97 Å². The van der Waals surface area contributed by atoms with Crippen molar-refractivity contribution < 1.29 is 14.7 Å². The topological polar surface area (TPSA) is 57.6 Å². The van der Waals surface area contributed by atoms with Crippen LogP contribution in [0.4, 0.5) is 5.69 Å². The number of carbonyl (C=O) groups excluding carboxylic acids is 1. The van der Waals surface area contributed by atoms with Crippen molar-refractivity contribution in [1.82, 2.24) is 0 Å². The van der Waals surface area contributed by atoms with E-state index in [-0.39, 0.29) is 16.8 Å². The molecule has 0 atom stereocenters. The lowest BCUT2D eigenvalue weighted by Gasteiger charge is -2.26. The number of aromatic carboxylic acids is 1. The van der Waals surface area contributed by atoms with E-state index in [0.29, 0.717) is 12.1 Å². The second kappa shape index (κ2) is 6.75. The fraction of sp³-hybridized carbons (Fsp3) is 0.294. The third-order valence-corrected chi connectivity index (χ3v) is 4.47. The molecule has 1 heterocycles. The Balaban J connectivity index is 2.57. The van der Waals surface area contributed by atoms with E-state index in [1.54, 1.807) is 17.9 Å². The summed E-state index contributed by atoms with van der Waals surface area (Å²) in [7, 11) is 0. The first-order valence-corrected chi connectivity index (χ1v) is 8.02. The zero-order valence-electron chi connectivity index (χ0n) is 12.9. The summed E-state index contributed by atoms with van der Waals surface area (Å²) in [6.45, 7) is 5.56. The van der Waals surface area contributed by atoms with E-state index in [9.17, 15) is 14.7 Å². The summed E-state index contributed by atoms with van der Waals surface area (Å²) in [5.41, 5.74) is 1.44. The lowest BCUT2D eigenvalue weighted by atomic mass is 10.1. The molecular formula is C17H19NO3S. The Kier molecular flexibility index (Phi) is 4.98. The number of anilines is 1. The summed E-state index contributed by atoms with van der Waals surface area (Å²) >= 11 is 1.20. The Labute approximate surface area is 134 Å². The lowest BCUT2D eigenvalue weighted by molar-refractivity contribution is -0.118. The first kappa shape index (κ1) is 16.2. The van der Waals surface area contributed by atoms with Crippen LogP contribution in [0.5, 0.6) is 0 Å². The predicted octanol–water partition coefficient (Wildman–Crippen LogP) is 4.26. The molecule has 0 saturated heterocycles. The number of carboxylic acid groups (broad SMARTS) is 1. The summed E-state index contributed by atoms with van der Waals surface area (Å²) in [5.74, 6) is -1.08. The Hall–Kier alpha value is -2.14. The highest BCUT2D eigenvalue weighted by Crippen LogP contribution is 2.37. The van der Waals surface area contributed by atoms with Crippen molar-refractivity contribution >= 4 is 28.9 Å². The van der Waals surface area contributed by atoms with Gasteiger partial charge in [0.2, 0.25) is 5.91 Å². The minimum absolute atomic E-state index is 0.0742. The van der Waals surface area contributed by atoms with Gasteiger partial charge in [0, 0.05) is 17.3 Å². The fourth-order valence-corrected chi connectivity index (χ4v) is 3.32. The molecule has 1 N–H and O–H groups in total. The number of nitrogens with zero attached hydrogens (tertiary/aromatic N) is 1. The SMILES string of the molecule is CCC(=O)N(c1cc(-c2ccccc2)sc1C(=O)O)C(C)C. The van der Waals surface area contributed by atoms with Gasteiger partial charge in [0.05, 0.1) is 5.69 Å². The van der Waals surface area contributed by atoms with Crippen LogP contribution < -0.4 is 4.90 Å². The summed E-state index contributed by atoms with van der Waals surface area (Å²) in [6, 6.07) is 11.3. The van der Waals surface area contributed by atoms with Crippen LogP contribution in [0.3, 0.4) is 0 Å². The first-order valence-electron chi connectivity index (χ1n) is 7.20. The van der Waals surface area contributed by atoms with Gasteiger partial charge in [0.15, 0.2) is 0 Å². The largest absolute Gasteiger partial charge is 0.477 e. The molecule has 1 aromatic carbocycles. The fourth-order valence-electron chi connectivity index (χ4n) is 2.33. The maximum atomic E-state index is 12.2. The van der Waals surface area contributed by atoms with Gasteiger partial charge in [-0.3, -0.25) is 4.79 Å². The summed E-state index contributed by atoms with van der Waals surface area (Å²) < 4.78 is 0. The van der Waals surface area contributed by atoms with E-state index in [1.807, 2.05) is 44.2 Å². The molecule has 0 radical (unpaired) electrons. The molecule has 2 rings (SSSR count). The predicted molar refractivity (Wildman–Crippen MR) is 89.6 cm³/mol. The monoisotopic (exact) mass is 317 g/mol. The summed E-state index contributed by atoms with van der Waals surface area (Å²) in [4.78, 5) is 26.4. The Morgan fingerprint density at radius 2 is 1.86 bits per heavy atom. The quantitative estimate of drug-likeness (QED) is 0.896. The standard InChI is InChI=1S/C17H19NO3S/c1-4-15(19)18(11(2)3)13-10-14(22-16(13)17(20)21)12-8-6-5-7-9-12/h5-11H,4H2,1-3H3,(H,20,21). The molecular weight excluding hydrogens is 298 g/mol. The normalized spacial score (nSPS) is 10.7. The van der Waals surface area contributed by atoms with Gasteiger partial charge in [0.1, 0.15) is 4.88 Å². The molecule has 22 heavy (non-hydrogen) atoms. The van der Waals surface area contributed by atoms with Crippen LogP contribution in [-0.2, 0) is 4.79 Å². The van der Waals surface area contributed by atoms with Gasteiger partial charge in [-0.15, -0.1) is 11.3 Å². The Morgan fingerprint density at radius 1 is 1.23 bits per heavy atom. The number of benzene rings is 1. The maximum Gasteiger partial charge on any atom is 0.348 e. The van der Waals surface area contributed by atoms with Crippen LogP contribution in [0.15, 0.2) is 36.4 Å². The van der Waals surface area contributed by atoms with Crippen molar-refractivity contribution in [3.05, 3.63) is 41.3 Å². The number of rotatable bonds is 5. The van der Waals surface area contributed by atoms with Crippen molar-refractivity contribution in [2.24, 2.45) is 0 Å². The van der Waals surface area contributed by atoms with E-state index in [1.165, 1.54) is 11.3 Å². The number of carboxylic acids is 1. The first-order chi connectivity index (χ1) is 10.5. The van der Waals surface area contributed by atoms with Gasteiger partial charge in [0.25, 0.3) is 0 Å². The smallest absolute Gasteiger partial charge is 0.348 e. The Morgan fingerprint density at radius 3 is 2.36 bits per heavy atom. The molecule has 0 unspecified atom stereocenters. The van der Waals surface area contributed by atoms with Crippen LogP contribution in [0, 0.1) is 0 Å². The number of hydrogen-bond donors (Lipinski definition) is 1. The second-order valence-corrected chi connectivity index (χ2v) is 6.26.